The van der Waals surface area contributed by atoms with E-state index in [-0.39, 0.29) is 23.0 Å². The average molecular weight is 457 g/mol. The van der Waals surface area contributed by atoms with Gasteiger partial charge in [-0.25, -0.2) is 0 Å². The molecule has 1 aliphatic heterocycles. The van der Waals surface area contributed by atoms with Gasteiger partial charge in [-0.05, 0) is 12.5 Å². The molecule has 5 nitrogen and oxygen atoms in total. The van der Waals surface area contributed by atoms with E-state index in [0.29, 0.717) is 19.9 Å². The normalized spacial score (nSPS) is 19.7. The molecule has 1 aliphatic rings. The van der Waals surface area contributed by atoms with Gasteiger partial charge in [-0.1, -0.05) is 6.58 Å². The first-order valence-corrected chi connectivity index (χ1v) is 13.9. The summed E-state index contributed by atoms with van der Waals surface area (Å²) in [4.78, 5) is 29.0. The van der Waals surface area contributed by atoms with Gasteiger partial charge in [0.25, 0.3) is 0 Å². The molecule has 1 N–H and O–H groups in total. The van der Waals surface area contributed by atoms with Crippen LogP contribution in [-0.2, 0) is 9.45 Å². The molecule has 3 atom stereocenters. The molecular weight excluding hydrogens is 417 g/mol. The van der Waals surface area contributed by atoms with Gasteiger partial charge in [-0.3, -0.25) is 0 Å². The van der Waals surface area contributed by atoms with E-state index in [1.54, 1.807) is 18.0 Å². The molecule has 0 saturated heterocycles. The quantitative estimate of drug-likeness (QED) is 0.230. The fourth-order valence-electron chi connectivity index (χ4n) is 2.84. The molecule has 0 radical (unpaired) electrons. The summed E-state index contributed by atoms with van der Waals surface area (Å²) in [7, 11) is -0.220. The van der Waals surface area contributed by atoms with Gasteiger partial charge in [0, 0.05) is 7.05 Å². The average Bonchev–Trinajstić information content (AvgIpc) is 2.75. The number of allylic oxidation sites excluding steroid dienone is 2. The summed E-state index contributed by atoms with van der Waals surface area (Å²) in [5, 5.41) is -0.593. The zero-order valence-electron chi connectivity index (χ0n) is 19.8. The van der Waals surface area contributed by atoms with Crippen LogP contribution in [0.15, 0.2) is 40.9 Å². The van der Waals surface area contributed by atoms with E-state index in [0.717, 1.165) is 17.6 Å². The first-order valence-electron chi connectivity index (χ1n) is 10.5. The third kappa shape index (κ3) is 7.64. The molecule has 0 fully saturated rings. The molecule has 0 bridgehead atoms. The zero-order chi connectivity index (χ0) is 23.3. The molecule has 0 aromatic carbocycles. The molecule has 0 aromatic rings. The van der Waals surface area contributed by atoms with Gasteiger partial charge in [0.1, 0.15) is 0 Å². The molecule has 1 heterocycles. The minimum Gasteiger partial charge on any atom is 0.0163 e. The number of carbonyl (C=O) groups excluding carboxylic acids is 1. The second kappa shape index (κ2) is 11.1. The standard InChI is InChI=1S/C22H39BClN2O3P/c1-15(2)21-25-14-18(13-20(27)26(21)7)16(3)11-10-12-19(17(4)24)23-29-22(5,6)30(8,9)28/h10-11,13,16-17,19,23,28,30H,1,12,14H2,2-9H3/b11-10-. The Bertz CT molecular complexity index is 726. The van der Waals surface area contributed by atoms with Crippen LogP contribution in [0, 0.1) is 5.92 Å². The van der Waals surface area contributed by atoms with Crippen molar-refractivity contribution in [2.75, 3.05) is 26.9 Å². The number of alkyl halides is 1. The third-order valence-corrected chi connectivity index (χ3v) is 9.43. The molecule has 3 unspecified atom stereocenters. The van der Waals surface area contributed by atoms with Crippen molar-refractivity contribution >= 4 is 38.3 Å². The van der Waals surface area contributed by atoms with Crippen molar-refractivity contribution in [2.45, 2.75) is 57.6 Å². The molecule has 30 heavy (non-hydrogen) atoms. The molecule has 8 heteroatoms. The number of aliphatic imine (C=N–C) groups is 1. The molecule has 0 spiro atoms. The van der Waals surface area contributed by atoms with Crippen LogP contribution in [0.5, 0.6) is 0 Å². The molecule has 1 amide bonds. The van der Waals surface area contributed by atoms with Crippen LogP contribution in [0.1, 0.15) is 41.0 Å². The maximum absolute atomic E-state index is 12.4. The third-order valence-electron chi connectivity index (χ3n) is 5.98. The van der Waals surface area contributed by atoms with Crippen LogP contribution in [-0.4, -0.2) is 66.7 Å². The Morgan fingerprint density at radius 3 is 2.60 bits per heavy atom. The van der Waals surface area contributed by atoms with Gasteiger partial charge < -0.3 is 0 Å². The van der Waals surface area contributed by atoms with Gasteiger partial charge in [-0.2, -0.15) is 0 Å². The van der Waals surface area contributed by atoms with Crippen LogP contribution in [0.25, 0.3) is 0 Å². The van der Waals surface area contributed by atoms with E-state index in [9.17, 15) is 9.69 Å². The van der Waals surface area contributed by atoms with Crippen LogP contribution < -0.4 is 0 Å². The molecule has 0 aromatic heterocycles. The van der Waals surface area contributed by atoms with E-state index in [2.05, 4.69) is 30.6 Å². The van der Waals surface area contributed by atoms with Gasteiger partial charge in [0.2, 0.25) is 0 Å². The Hall–Kier alpha value is -0.935. The van der Waals surface area contributed by atoms with Crippen LogP contribution in [0.2, 0.25) is 5.82 Å². The summed E-state index contributed by atoms with van der Waals surface area (Å²) in [6.07, 6.45) is 6.65. The van der Waals surface area contributed by atoms with Gasteiger partial charge in [-0.15, -0.1) is 0 Å². The Morgan fingerprint density at radius 2 is 2.10 bits per heavy atom. The van der Waals surface area contributed by atoms with Crippen molar-refractivity contribution < 1.29 is 14.3 Å². The van der Waals surface area contributed by atoms with E-state index in [1.807, 2.05) is 41.0 Å². The number of halogens is 1. The van der Waals surface area contributed by atoms with E-state index in [4.69, 9.17) is 16.3 Å². The fourth-order valence-corrected chi connectivity index (χ4v) is 3.45. The van der Waals surface area contributed by atoms with Crippen molar-refractivity contribution in [3.05, 3.63) is 36.0 Å². The Morgan fingerprint density at radius 1 is 1.50 bits per heavy atom. The van der Waals surface area contributed by atoms with Crippen molar-refractivity contribution in [1.82, 2.24) is 4.90 Å². The van der Waals surface area contributed by atoms with Crippen molar-refractivity contribution in [2.24, 2.45) is 10.9 Å². The number of carbonyl (C=O) groups is 1. The molecule has 0 aliphatic carbocycles. The minimum atomic E-state index is -2.43. The molecule has 0 saturated carbocycles. The summed E-state index contributed by atoms with van der Waals surface area (Å²) in [6.45, 7) is 17.9. The number of rotatable bonds is 10. The fraction of sp³-hybridized carbons (Fsp3) is 0.636. The Balaban J connectivity index is 2.79. The van der Waals surface area contributed by atoms with E-state index in [1.165, 1.54) is 0 Å². The van der Waals surface area contributed by atoms with Crippen molar-refractivity contribution in [3.63, 3.8) is 0 Å². The van der Waals surface area contributed by atoms with E-state index >= 15 is 0 Å². The van der Waals surface area contributed by atoms with Crippen LogP contribution in [0.4, 0.5) is 0 Å². The van der Waals surface area contributed by atoms with Crippen LogP contribution in [0.3, 0.4) is 0 Å². The van der Waals surface area contributed by atoms with E-state index < -0.39 is 12.8 Å². The Labute approximate surface area is 189 Å². The summed E-state index contributed by atoms with van der Waals surface area (Å²) in [5.41, 5.74) is 1.75. The smallest absolute Gasteiger partial charge is 0.0163 e. The first-order chi connectivity index (χ1) is 13.7. The minimum absolute atomic E-state index is 0.0562. The maximum atomic E-state index is 12.4. The number of amides is 1. The number of amidine groups is 1. The number of nitrogens with zero attached hydrogens (tertiary/aromatic N) is 2. The second-order valence-corrected chi connectivity index (χ2v) is 14.3. The Kier molecular flexibility index (Phi) is 10.0. The second-order valence-electron chi connectivity index (χ2n) is 9.31. The first kappa shape index (κ1) is 27.1. The monoisotopic (exact) mass is 456 g/mol. The number of hydrogen-bond donors (Lipinski definition) is 1. The van der Waals surface area contributed by atoms with Gasteiger partial charge in [0.05, 0.1) is 0 Å². The number of likely N-dealkylation sites (N-methyl/N-ethyl adjacent to an activating group) is 1. The summed E-state index contributed by atoms with van der Waals surface area (Å²) >= 11 is 6.40. The topological polar surface area (TPSA) is 62.1 Å². The van der Waals surface area contributed by atoms with Gasteiger partial charge in [0.15, 0.2) is 0 Å². The SMILES string of the molecule is C=C(C)C1=NCC(C(C)/C=C\CC(BOC(C)(C)[PH](C)(C)O)C(C)Cl)=CC(=O)N1C. The predicted octanol–water partition coefficient (Wildman–Crippen LogP) is 4.38. The number of hydrogen-bond acceptors (Lipinski definition) is 4. The van der Waals surface area contributed by atoms with Crippen LogP contribution >= 0.6 is 19.1 Å². The van der Waals surface area contributed by atoms with Crippen molar-refractivity contribution in [3.8, 4) is 0 Å². The summed E-state index contributed by atoms with van der Waals surface area (Å²) < 4.78 is 6.07. The van der Waals surface area contributed by atoms with Crippen molar-refractivity contribution in [1.29, 1.82) is 0 Å². The molecule has 1 rings (SSSR count). The molecular formula is C22H39BClN2O3P. The molecule has 170 valence electrons. The summed E-state index contributed by atoms with van der Waals surface area (Å²) in [6, 6.07) is 0. The zero-order valence-corrected chi connectivity index (χ0v) is 21.6. The van der Waals surface area contributed by atoms with Gasteiger partial charge >= 0.3 is 163 Å². The predicted molar refractivity (Wildman–Crippen MR) is 135 cm³/mol. The summed E-state index contributed by atoms with van der Waals surface area (Å²) in [5.74, 6) is 0.773.